The molecular formula is C18H23N5Si. The molecule has 0 fully saturated rings. The molecule has 1 aromatic carbocycles. The van der Waals surface area contributed by atoms with Crippen LogP contribution in [0.25, 0.3) is 16.9 Å². The fourth-order valence-electron chi connectivity index (χ4n) is 3.17. The molecular weight excluding hydrogens is 314 g/mol. The van der Waals surface area contributed by atoms with Gasteiger partial charge in [-0.05, 0) is 23.3 Å². The van der Waals surface area contributed by atoms with Crippen LogP contribution in [0.15, 0.2) is 49.6 Å². The quantitative estimate of drug-likeness (QED) is 0.513. The van der Waals surface area contributed by atoms with Crippen molar-refractivity contribution >= 4 is 24.3 Å². The SMILES string of the molecule is C=CCc1c([Si](C)(C)C)n(-c2nnn(CC=C)n2)c2ccccc12. The molecule has 0 unspecified atom stereocenters. The molecule has 124 valence electrons. The molecule has 0 aliphatic heterocycles. The van der Waals surface area contributed by atoms with Gasteiger partial charge in [0.15, 0.2) is 0 Å². The van der Waals surface area contributed by atoms with Crippen LogP contribution in [-0.4, -0.2) is 32.8 Å². The van der Waals surface area contributed by atoms with E-state index in [1.165, 1.54) is 16.3 Å². The van der Waals surface area contributed by atoms with Gasteiger partial charge >= 0.3 is 0 Å². The van der Waals surface area contributed by atoms with E-state index >= 15 is 0 Å². The van der Waals surface area contributed by atoms with Gasteiger partial charge in [-0.25, -0.2) is 0 Å². The molecule has 2 heterocycles. The molecule has 0 N–H and O–H groups in total. The number of aromatic nitrogens is 5. The van der Waals surface area contributed by atoms with Crippen LogP contribution < -0.4 is 5.32 Å². The highest BCUT2D eigenvalue weighted by atomic mass is 28.3. The Hall–Kier alpha value is -2.47. The second-order valence-corrected chi connectivity index (χ2v) is 11.8. The van der Waals surface area contributed by atoms with Crippen molar-refractivity contribution in [2.24, 2.45) is 0 Å². The summed E-state index contributed by atoms with van der Waals surface area (Å²) in [6, 6.07) is 8.43. The molecule has 24 heavy (non-hydrogen) atoms. The Bertz CT molecular complexity index is 898. The molecule has 3 aromatic rings. The first-order chi connectivity index (χ1) is 11.5. The van der Waals surface area contributed by atoms with Crippen LogP contribution in [0, 0.1) is 0 Å². The average molecular weight is 338 g/mol. The van der Waals surface area contributed by atoms with Gasteiger partial charge in [-0.15, -0.1) is 18.3 Å². The van der Waals surface area contributed by atoms with E-state index in [1.807, 2.05) is 6.08 Å². The van der Waals surface area contributed by atoms with E-state index < -0.39 is 8.07 Å². The Morgan fingerprint density at radius 2 is 1.88 bits per heavy atom. The van der Waals surface area contributed by atoms with Crippen LogP contribution in [0.2, 0.25) is 19.6 Å². The van der Waals surface area contributed by atoms with E-state index in [1.54, 1.807) is 10.9 Å². The zero-order valence-electron chi connectivity index (χ0n) is 14.5. The van der Waals surface area contributed by atoms with Crippen molar-refractivity contribution in [2.75, 3.05) is 0 Å². The molecule has 0 atom stereocenters. The number of para-hydroxylation sites is 1. The topological polar surface area (TPSA) is 48.5 Å². The number of hydrogen-bond donors (Lipinski definition) is 0. The molecule has 0 aliphatic rings. The molecule has 0 spiro atoms. The fraction of sp³-hybridized carbons (Fsp3) is 0.278. The lowest BCUT2D eigenvalue weighted by molar-refractivity contribution is 0.582. The van der Waals surface area contributed by atoms with Crippen molar-refractivity contribution in [3.05, 3.63) is 55.1 Å². The van der Waals surface area contributed by atoms with Gasteiger partial charge in [0.2, 0.25) is 0 Å². The third-order valence-electron chi connectivity index (χ3n) is 3.97. The highest BCUT2D eigenvalue weighted by Crippen LogP contribution is 2.25. The second-order valence-electron chi connectivity index (χ2n) is 6.86. The van der Waals surface area contributed by atoms with Gasteiger partial charge in [-0.3, -0.25) is 4.57 Å². The predicted octanol–water partition coefficient (Wildman–Crippen LogP) is 3.08. The van der Waals surface area contributed by atoms with Crippen LogP contribution in [0.4, 0.5) is 0 Å². The summed E-state index contributed by atoms with van der Waals surface area (Å²) in [7, 11) is -1.66. The maximum absolute atomic E-state index is 4.55. The smallest absolute Gasteiger partial charge is 0.274 e. The van der Waals surface area contributed by atoms with Crippen molar-refractivity contribution in [2.45, 2.75) is 32.6 Å². The Balaban J connectivity index is 2.35. The molecule has 0 radical (unpaired) electrons. The Kier molecular flexibility index (Phi) is 4.23. The lowest BCUT2D eigenvalue weighted by Crippen LogP contribution is -2.44. The van der Waals surface area contributed by atoms with Gasteiger partial charge in [-0.1, -0.05) is 55.1 Å². The maximum atomic E-state index is 4.55. The minimum Gasteiger partial charge on any atom is -0.284 e. The zero-order valence-corrected chi connectivity index (χ0v) is 15.5. The summed E-state index contributed by atoms with van der Waals surface area (Å²) >= 11 is 0. The highest BCUT2D eigenvalue weighted by Gasteiger charge is 2.29. The number of rotatable bonds is 6. The van der Waals surface area contributed by atoms with E-state index in [0.29, 0.717) is 12.5 Å². The first kappa shape index (κ1) is 16.4. The summed E-state index contributed by atoms with van der Waals surface area (Å²) in [6.45, 7) is 15.3. The Labute approximate surface area is 143 Å². The summed E-state index contributed by atoms with van der Waals surface area (Å²) in [5.74, 6) is 0.626. The van der Waals surface area contributed by atoms with Crippen molar-refractivity contribution in [3.8, 4) is 5.95 Å². The average Bonchev–Trinajstić information content (AvgIpc) is 3.10. The van der Waals surface area contributed by atoms with Crippen LogP contribution in [0.5, 0.6) is 0 Å². The van der Waals surface area contributed by atoms with Gasteiger partial charge in [0, 0.05) is 10.7 Å². The van der Waals surface area contributed by atoms with Gasteiger partial charge in [-0.2, -0.15) is 4.80 Å². The number of tetrazole rings is 1. The molecule has 0 saturated carbocycles. The minimum atomic E-state index is -1.66. The molecule has 6 heteroatoms. The number of benzene rings is 1. The Morgan fingerprint density at radius 3 is 2.54 bits per heavy atom. The first-order valence-electron chi connectivity index (χ1n) is 8.10. The Morgan fingerprint density at radius 1 is 1.12 bits per heavy atom. The fourth-order valence-corrected chi connectivity index (χ4v) is 5.20. The number of nitrogens with zero attached hydrogens (tertiary/aromatic N) is 5. The maximum Gasteiger partial charge on any atom is 0.274 e. The van der Waals surface area contributed by atoms with Crippen molar-refractivity contribution in [1.82, 2.24) is 24.8 Å². The van der Waals surface area contributed by atoms with Gasteiger partial charge in [0.25, 0.3) is 5.95 Å². The summed E-state index contributed by atoms with van der Waals surface area (Å²) in [4.78, 5) is 1.57. The third kappa shape index (κ3) is 2.73. The van der Waals surface area contributed by atoms with Gasteiger partial charge in [0.05, 0.1) is 20.1 Å². The lowest BCUT2D eigenvalue weighted by atomic mass is 10.1. The summed E-state index contributed by atoms with van der Waals surface area (Å²) in [6.07, 6.45) is 4.58. The van der Waals surface area contributed by atoms with Crippen LogP contribution in [0.1, 0.15) is 5.56 Å². The highest BCUT2D eigenvalue weighted by molar-refractivity contribution is 6.88. The van der Waals surface area contributed by atoms with Crippen LogP contribution >= 0.6 is 0 Å². The van der Waals surface area contributed by atoms with Crippen molar-refractivity contribution in [1.29, 1.82) is 0 Å². The largest absolute Gasteiger partial charge is 0.284 e. The molecule has 0 amide bonds. The molecule has 5 nitrogen and oxygen atoms in total. The molecule has 2 aromatic heterocycles. The number of fused-ring (bicyclic) bond motifs is 1. The van der Waals surface area contributed by atoms with Gasteiger partial charge < -0.3 is 0 Å². The van der Waals surface area contributed by atoms with E-state index in [9.17, 15) is 0 Å². The number of allylic oxidation sites excluding steroid dienone is 2. The van der Waals surface area contributed by atoms with E-state index in [0.717, 1.165) is 11.9 Å². The summed E-state index contributed by atoms with van der Waals surface area (Å²) < 4.78 is 2.19. The third-order valence-corrected chi connectivity index (χ3v) is 5.92. The molecule has 0 bridgehead atoms. The zero-order chi connectivity index (χ0) is 17.3. The second kappa shape index (κ2) is 6.20. The number of hydrogen-bond acceptors (Lipinski definition) is 3. The van der Waals surface area contributed by atoms with Crippen LogP contribution in [0.3, 0.4) is 0 Å². The minimum absolute atomic E-state index is 0.550. The monoisotopic (exact) mass is 337 g/mol. The predicted molar refractivity (Wildman–Crippen MR) is 102 cm³/mol. The normalized spacial score (nSPS) is 11.8. The van der Waals surface area contributed by atoms with E-state index in [2.05, 4.69) is 77.0 Å². The molecule has 0 saturated heterocycles. The van der Waals surface area contributed by atoms with Gasteiger partial charge in [0.1, 0.15) is 0 Å². The summed E-state index contributed by atoms with van der Waals surface area (Å²) in [5.41, 5.74) is 2.46. The first-order valence-corrected chi connectivity index (χ1v) is 11.6. The van der Waals surface area contributed by atoms with Crippen LogP contribution in [-0.2, 0) is 13.0 Å². The van der Waals surface area contributed by atoms with Crippen molar-refractivity contribution < 1.29 is 0 Å². The molecule has 3 rings (SSSR count). The van der Waals surface area contributed by atoms with Crippen molar-refractivity contribution in [3.63, 3.8) is 0 Å². The lowest BCUT2D eigenvalue weighted by Gasteiger charge is -2.20. The van der Waals surface area contributed by atoms with E-state index in [4.69, 9.17) is 0 Å². The molecule has 0 aliphatic carbocycles. The van der Waals surface area contributed by atoms with E-state index in [-0.39, 0.29) is 0 Å². The summed E-state index contributed by atoms with van der Waals surface area (Å²) in [5, 5.41) is 15.6. The standard InChI is InChI=1S/C18H23N5Si/c1-6-10-15-14-11-8-9-12-16(14)23(17(15)24(3,4)5)18-19-21-22(20-18)13-7-2/h6-9,11-12H,1-2,10,13H2,3-5H3.